The van der Waals surface area contributed by atoms with Crippen LogP contribution in [0.1, 0.15) is 11.1 Å². The minimum Gasteiger partial charge on any atom is -0.245 e. The van der Waals surface area contributed by atoms with Gasteiger partial charge in [0.1, 0.15) is 10.9 Å². The number of nitriles is 1. The maximum atomic E-state index is 8.78. The Morgan fingerprint density at radius 3 is 3.17 bits per heavy atom. The summed E-state index contributed by atoms with van der Waals surface area (Å²) < 4.78 is 0. The van der Waals surface area contributed by atoms with E-state index in [0.717, 1.165) is 21.3 Å². The van der Waals surface area contributed by atoms with E-state index < -0.39 is 0 Å². The smallest absolute Gasteiger partial charge is 0.124 e. The quantitative estimate of drug-likeness (QED) is 0.615. The molecular formula is C9H6N2S. The van der Waals surface area contributed by atoms with Gasteiger partial charge in [0.05, 0.1) is 5.56 Å². The first-order valence-electron chi connectivity index (χ1n) is 3.56. The Morgan fingerprint density at radius 2 is 2.42 bits per heavy atom. The number of rotatable bonds is 0. The van der Waals surface area contributed by atoms with Crippen LogP contribution in [0.25, 0.3) is 10.2 Å². The monoisotopic (exact) mass is 174 g/mol. The van der Waals surface area contributed by atoms with Crippen molar-refractivity contribution in [1.29, 1.82) is 5.26 Å². The van der Waals surface area contributed by atoms with Crippen LogP contribution < -0.4 is 0 Å². The molecule has 2 aromatic rings. The standard InChI is InChI=1S/C9H6N2S/c1-6-2-3-11-9-8(6)7(4-10)5-12-9/h2-3,5H,1H3. The molecule has 2 nitrogen and oxygen atoms in total. The molecule has 0 aliphatic carbocycles. The lowest BCUT2D eigenvalue weighted by molar-refractivity contribution is 1.39. The third-order valence-electron chi connectivity index (χ3n) is 1.80. The van der Waals surface area contributed by atoms with Gasteiger partial charge in [0.25, 0.3) is 0 Å². The molecule has 0 saturated heterocycles. The number of pyridine rings is 1. The van der Waals surface area contributed by atoms with Crippen molar-refractivity contribution in [3.63, 3.8) is 0 Å². The van der Waals surface area contributed by atoms with Crippen molar-refractivity contribution >= 4 is 21.6 Å². The molecule has 0 unspecified atom stereocenters. The zero-order valence-corrected chi connectivity index (χ0v) is 7.35. The molecule has 0 N–H and O–H groups in total. The van der Waals surface area contributed by atoms with E-state index in [1.165, 1.54) is 11.3 Å². The first-order chi connectivity index (χ1) is 5.83. The van der Waals surface area contributed by atoms with Gasteiger partial charge in [0.2, 0.25) is 0 Å². The topological polar surface area (TPSA) is 36.7 Å². The van der Waals surface area contributed by atoms with Crippen LogP contribution in [0.2, 0.25) is 0 Å². The van der Waals surface area contributed by atoms with Crippen molar-refractivity contribution in [3.05, 3.63) is 28.8 Å². The predicted molar refractivity (Wildman–Crippen MR) is 49.1 cm³/mol. The van der Waals surface area contributed by atoms with Crippen molar-refractivity contribution in [3.8, 4) is 6.07 Å². The van der Waals surface area contributed by atoms with Crippen LogP contribution >= 0.6 is 11.3 Å². The van der Waals surface area contributed by atoms with Crippen LogP contribution in [0, 0.1) is 18.3 Å². The fourth-order valence-electron chi connectivity index (χ4n) is 1.21. The highest BCUT2D eigenvalue weighted by molar-refractivity contribution is 7.17. The number of aromatic nitrogens is 1. The minimum absolute atomic E-state index is 0.737. The molecule has 0 aromatic carbocycles. The minimum atomic E-state index is 0.737. The van der Waals surface area contributed by atoms with Gasteiger partial charge in [-0.05, 0) is 18.6 Å². The number of hydrogen-bond acceptors (Lipinski definition) is 3. The first kappa shape index (κ1) is 7.26. The zero-order chi connectivity index (χ0) is 8.55. The van der Waals surface area contributed by atoms with Gasteiger partial charge in [-0.2, -0.15) is 5.26 Å². The number of thiophene rings is 1. The molecule has 0 spiro atoms. The molecule has 12 heavy (non-hydrogen) atoms. The summed E-state index contributed by atoms with van der Waals surface area (Å²) in [4.78, 5) is 5.13. The molecule has 2 aromatic heterocycles. The predicted octanol–water partition coefficient (Wildman–Crippen LogP) is 2.48. The highest BCUT2D eigenvalue weighted by Gasteiger charge is 2.05. The Kier molecular flexibility index (Phi) is 1.56. The number of nitrogens with zero attached hydrogens (tertiary/aromatic N) is 2. The maximum Gasteiger partial charge on any atom is 0.124 e. The second-order valence-corrected chi connectivity index (χ2v) is 3.43. The van der Waals surface area contributed by atoms with E-state index >= 15 is 0 Å². The van der Waals surface area contributed by atoms with Crippen LogP contribution in [0.15, 0.2) is 17.6 Å². The molecule has 3 heteroatoms. The van der Waals surface area contributed by atoms with Crippen LogP contribution in [0.5, 0.6) is 0 Å². The third kappa shape index (κ3) is 0.892. The number of fused-ring (bicyclic) bond motifs is 1. The Labute approximate surface area is 74.1 Å². The van der Waals surface area contributed by atoms with E-state index in [1.54, 1.807) is 6.20 Å². The summed E-state index contributed by atoms with van der Waals surface area (Å²) in [6.07, 6.45) is 1.77. The van der Waals surface area contributed by atoms with Crippen molar-refractivity contribution < 1.29 is 0 Å². The summed E-state index contributed by atoms with van der Waals surface area (Å²) in [7, 11) is 0. The molecule has 0 saturated carbocycles. The van der Waals surface area contributed by atoms with Gasteiger partial charge < -0.3 is 0 Å². The lowest BCUT2D eigenvalue weighted by Gasteiger charge is -1.93. The summed E-state index contributed by atoms with van der Waals surface area (Å²) in [5.74, 6) is 0. The molecule has 0 radical (unpaired) electrons. The fraction of sp³-hybridized carbons (Fsp3) is 0.111. The van der Waals surface area contributed by atoms with Crippen LogP contribution in [-0.2, 0) is 0 Å². The summed E-state index contributed by atoms with van der Waals surface area (Å²) in [5.41, 5.74) is 1.86. The van der Waals surface area contributed by atoms with E-state index in [1.807, 2.05) is 18.4 Å². The summed E-state index contributed by atoms with van der Waals surface area (Å²) in [6.45, 7) is 2.00. The molecule has 0 bridgehead atoms. The van der Waals surface area contributed by atoms with Crippen LogP contribution in [-0.4, -0.2) is 4.98 Å². The molecule has 2 rings (SSSR count). The average Bonchev–Trinajstić information content (AvgIpc) is 2.49. The van der Waals surface area contributed by atoms with E-state index in [2.05, 4.69) is 11.1 Å². The maximum absolute atomic E-state index is 8.78. The molecule has 2 heterocycles. The Hall–Kier alpha value is -1.40. The molecule has 58 valence electrons. The van der Waals surface area contributed by atoms with Gasteiger partial charge in [0, 0.05) is 17.0 Å². The van der Waals surface area contributed by atoms with Crippen molar-refractivity contribution in [1.82, 2.24) is 4.98 Å². The highest BCUT2D eigenvalue weighted by atomic mass is 32.1. The third-order valence-corrected chi connectivity index (χ3v) is 2.69. The molecular weight excluding hydrogens is 168 g/mol. The summed E-state index contributed by atoms with van der Waals surface area (Å²) in [5, 5.41) is 11.6. The highest BCUT2D eigenvalue weighted by Crippen LogP contribution is 2.25. The second kappa shape index (κ2) is 2.58. The molecule has 0 fully saturated rings. The molecule has 0 atom stereocenters. The first-order valence-corrected chi connectivity index (χ1v) is 4.44. The fourth-order valence-corrected chi connectivity index (χ4v) is 2.12. The Morgan fingerprint density at radius 1 is 1.58 bits per heavy atom. The van der Waals surface area contributed by atoms with Crippen molar-refractivity contribution in [2.24, 2.45) is 0 Å². The Bertz CT molecular complexity index is 465. The van der Waals surface area contributed by atoms with E-state index in [0.29, 0.717) is 0 Å². The SMILES string of the molecule is Cc1ccnc2scc(C#N)c12. The normalized spacial score (nSPS) is 10.0. The van der Waals surface area contributed by atoms with Gasteiger partial charge in [-0.25, -0.2) is 4.98 Å². The summed E-state index contributed by atoms with van der Waals surface area (Å²) in [6, 6.07) is 4.09. The van der Waals surface area contributed by atoms with Gasteiger partial charge in [0.15, 0.2) is 0 Å². The van der Waals surface area contributed by atoms with Gasteiger partial charge in [-0.15, -0.1) is 11.3 Å². The average molecular weight is 174 g/mol. The van der Waals surface area contributed by atoms with E-state index in [4.69, 9.17) is 5.26 Å². The lowest BCUT2D eigenvalue weighted by Crippen LogP contribution is -1.78. The molecule has 0 amide bonds. The van der Waals surface area contributed by atoms with Gasteiger partial charge in [-0.1, -0.05) is 0 Å². The second-order valence-electron chi connectivity index (χ2n) is 2.57. The molecule has 0 aliphatic heterocycles. The van der Waals surface area contributed by atoms with Crippen molar-refractivity contribution in [2.75, 3.05) is 0 Å². The van der Waals surface area contributed by atoms with Crippen molar-refractivity contribution in [2.45, 2.75) is 6.92 Å². The molecule has 0 aliphatic rings. The van der Waals surface area contributed by atoms with E-state index in [9.17, 15) is 0 Å². The number of hydrogen-bond donors (Lipinski definition) is 0. The zero-order valence-electron chi connectivity index (χ0n) is 6.53. The largest absolute Gasteiger partial charge is 0.245 e. The van der Waals surface area contributed by atoms with Gasteiger partial charge in [-0.3, -0.25) is 0 Å². The number of aryl methyl sites for hydroxylation is 1. The van der Waals surface area contributed by atoms with Gasteiger partial charge >= 0.3 is 0 Å². The van der Waals surface area contributed by atoms with Crippen LogP contribution in [0.4, 0.5) is 0 Å². The Balaban J connectivity index is 2.95. The van der Waals surface area contributed by atoms with Crippen LogP contribution in [0.3, 0.4) is 0 Å². The summed E-state index contributed by atoms with van der Waals surface area (Å²) >= 11 is 1.52. The van der Waals surface area contributed by atoms with E-state index in [-0.39, 0.29) is 0 Å². The lowest BCUT2D eigenvalue weighted by atomic mass is 10.1.